The molecule has 0 atom stereocenters. The highest BCUT2D eigenvalue weighted by atomic mass is 79.9. The molecule has 0 aliphatic rings. The molecule has 60 heavy (non-hydrogen) atoms. The Hall–Kier alpha value is -4.43. The lowest BCUT2D eigenvalue weighted by atomic mass is 9.87. The summed E-state index contributed by atoms with van der Waals surface area (Å²) in [4.78, 5) is 35.1. The first-order valence-corrected chi connectivity index (χ1v) is 23.2. The van der Waals surface area contributed by atoms with Gasteiger partial charge in [-0.3, -0.25) is 14.2 Å². The Kier molecular flexibility index (Phi) is 14.0. The molecule has 0 bridgehead atoms. The lowest BCUT2D eigenvalue weighted by Crippen LogP contribution is -2.36. The molecular weight excluding hydrogens is 809 g/mol. The van der Waals surface area contributed by atoms with E-state index in [2.05, 4.69) is 107 Å². The molecule has 320 valence electrons. The van der Waals surface area contributed by atoms with Crippen LogP contribution in [0, 0.1) is 6.92 Å². The van der Waals surface area contributed by atoms with Gasteiger partial charge in [-0.25, -0.2) is 4.99 Å². The third-order valence-electron chi connectivity index (χ3n) is 12.4. The summed E-state index contributed by atoms with van der Waals surface area (Å²) in [6.45, 7) is 25.1. The molecule has 0 saturated carbocycles. The van der Waals surface area contributed by atoms with E-state index in [1.165, 1.54) is 41.4 Å². The topological polar surface area (TPSA) is 88.6 Å². The van der Waals surface area contributed by atoms with Gasteiger partial charge in [-0.1, -0.05) is 150 Å². The Morgan fingerprint density at radius 3 is 1.63 bits per heavy atom. The Morgan fingerprint density at radius 1 is 0.633 bits per heavy atom. The molecule has 2 heterocycles. The molecule has 0 radical (unpaired) electrons. The second-order valence-corrected chi connectivity index (χ2v) is 19.8. The van der Waals surface area contributed by atoms with E-state index in [1.807, 2.05) is 35.8 Å². The van der Waals surface area contributed by atoms with E-state index >= 15 is 0 Å². The molecule has 0 saturated heterocycles. The maximum atomic E-state index is 14.9. The molecule has 6 aromatic rings. The van der Waals surface area contributed by atoms with Crippen molar-refractivity contribution in [1.82, 2.24) is 9.13 Å². The van der Waals surface area contributed by atoms with E-state index in [0.717, 1.165) is 68.1 Å². The van der Waals surface area contributed by atoms with Crippen molar-refractivity contribution in [3.8, 4) is 5.88 Å². The van der Waals surface area contributed by atoms with Crippen molar-refractivity contribution < 1.29 is 5.11 Å². The van der Waals surface area contributed by atoms with Crippen molar-refractivity contribution in [2.24, 2.45) is 4.99 Å². The zero-order valence-corrected chi connectivity index (χ0v) is 39.3. The fourth-order valence-electron chi connectivity index (χ4n) is 8.73. The number of pyridine rings is 2. The summed E-state index contributed by atoms with van der Waals surface area (Å²) in [7, 11) is 0. The van der Waals surface area contributed by atoms with Crippen LogP contribution in [0.1, 0.15) is 149 Å². The number of anilines is 2. The summed E-state index contributed by atoms with van der Waals surface area (Å²) in [5, 5.41) is 20.8. The summed E-state index contributed by atoms with van der Waals surface area (Å²) in [6.07, 6.45) is 12.8. The number of nitrogens with zero attached hydrogens (tertiary/aromatic N) is 3. The molecule has 8 heteroatoms. The number of halogens is 1. The van der Waals surface area contributed by atoms with Gasteiger partial charge in [0.25, 0.3) is 11.1 Å². The largest absolute Gasteiger partial charge is 0.494 e. The second kappa shape index (κ2) is 18.7. The Bertz CT molecular complexity index is 2700. The SMILES string of the molecule is C=c1c2c(=Nc3ccc(C(C)(C)C)cc3)c(C)c3c(=O)n(CCCCCCCC)c(=O)c4c(Br)c(Nc5ccc(C(C)(C)C)cc5)c(c(O)n1CCCCCCCC)c2c43. The van der Waals surface area contributed by atoms with Gasteiger partial charge in [-0.15, -0.1) is 0 Å². The van der Waals surface area contributed by atoms with Crippen LogP contribution in [0.25, 0.3) is 38.9 Å². The van der Waals surface area contributed by atoms with E-state index in [4.69, 9.17) is 4.99 Å². The summed E-state index contributed by atoms with van der Waals surface area (Å²) in [6, 6.07) is 16.6. The number of rotatable bonds is 17. The first-order valence-electron chi connectivity index (χ1n) is 22.5. The van der Waals surface area contributed by atoms with Gasteiger partial charge < -0.3 is 15.0 Å². The van der Waals surface area contributed by atoms with Gasteiger partial charge in [0, 0.05) is 40.3 Å². The fraction of sp³-hybridized carbons (Fsp3) is 0.481. The summed E-state index contributed by atoms with van der Waals surface area (Å²) in [5.41, 5.74) is 4.51. The van der Waals surface area contributed by atoms with Gasteiger partial charge in [0.2, 0.25) is 5.88 Å². The van der Waals surface area contributed by atoms with Gasteiger partial charge in [-0.2, -0.15) is 0 Å². The minimum atomic E-state index is -0.335. The average molecular weight is 876 g/mol. The molecule has 0 aliphatic carbocycles. The molecule has 2 aromatic heterocycles. The third kappa shape index (κ3) is 9.10. The summed E-state index contributed by atoms with van der Waals surface area (Å²) >= 11 is 3.93. The van der Waals surface area contributed by atoms with Gasteiger partial charge >= 0.3 is 0 Å². The number of aryl methyl sites for hydroxylation is 1. The van der Waals surface area contributed by atoms with Crippen molar-refractivity contribution in [3.05, 3.63) is 101 Å². The van der Waals surface area contributed by atoms with Crippen LogP contribution in [0.4, 0.5) is 17.1 Å². The van der Waals surface area contributed by atoms with E-state index in [-0.39, 0.29) is 27.8 Å². The average Bonchev–Trinajstić information content (AvgIpc) is 3.19. The normalized spacial score (nSPS) is 12.8. The third-order valence-corrected chi connectivity index (χ3v) is 13.2. The number of benzene rings is 4. The highest BCUT2D eigenvalue weighted by Gasteiger charge is 2.29. The first kappa shape index (κ1) is 45.1. The van der Waals surface area contributed by atoms with Crippen molar-refractivity contribution in [2.45, 2.75) is 163 Å². The predicted octanol–water partition coefficient (Wildman–Crippen LogP) is 13.1. The maximum Gasteiger partial charge on any atom is 0.262 e. The molecule has 0 unspecified atom stereocenters. The second-order valence-electron chi connectivity index (χ2n) is 19.0. The number of hydrogen-bond acceptors (Lipinski definition) is 5. The van der Waals surface area contributed by atoms with E-state index in [1.54, 1.807) is 0 Å². The zero-order valence-electron chi connectivity index (χ0n) is 37.7. The molecule has 2 N–H and O–H groups in total. The number of unbranched alkanes of at least 4 members (excludes halogenated alkanes) is 10. The molecule has 0 aliphatic heterocycles. The summed E-state index contributed by atoms with van der Waals surface area (Å²) < 4.78 is 3.87. The molecule has 7 nitrogen and oxygen atoms in total. The Labute approximate surface area is 365 Å². The minimum Gasteiger partial charge on any atom is -0.494 e. The van der Waals surface area contributed by atoms with Crippen LogP contribution in [-0.4, -0.2) is 14.2 Å². The van der Waals surface area contributed by atoms with Crippen LogP contribution in [0.3, 0.4) is 0 Å². The van der Waals surface area contributed by atoms with Gasteiger partial charge in [0.05, 0.1) is 37.4 Å². The Morgan fingerprint density at radius 2 is 1.10 bits per heavy atom. The first-order chi connectivity index (χ1) is 28.5. The van der Waals surface area contributed by atoms with Crippen molar-refractivity contribution in [2.75, 3.05) is 5.32 Å². The van der Waals surface area contributed by atoms with Gasteiger partial charge in [0.15, 0.2) is 0 Å². The van der Waals surface area contributed by atoms with Gasteiger partial charge in [-0.05, 0) is 87.5 Å². The lowest BCUT2D eigenvalue weighted by molar-refractivity contribution is 0.407. The summed E-state index contributed by atoms with van der Waals surface area (Å²) in [5.74, 6) is 0.0480. The number of hydrogen-bond donors (Lipinski definition) is 2. The maximum absolute atomic E-state index is 14.9. The van der Waals surface area contributed by atoms with E-state index < -0.39 is 0 Å². The number of aromatic hydroxyl groups is 1. The fourth-order valence-corrected chi connectivity index (χ4v) is 9.39. The van der Waals surface area contributed by atoms with Crippen molar-refractivity contribution in [1.29, 1.82) is 0 Å². The number of aromatic nitrogens is 2. The predicted molar refractivity (Wildman–Crippen MR) is 259 cm³/mol. The highest BCUT2D eigenvalue weighted by molar-refractivity contribution is 9.10. The van der Waals surface area contributed by atoms with E-state index in [9.17, 15) is 14.7 Å². The quantitative estimate of drug-likeness (QED) is 0.0706. The zero-order chi connectivity index (χ0) is 43.5. The molecule has 0 amide bonds. The molecule has 0 fully saturated rings. The standard InChI is InChI=1S/C52H67BrN4O3/c1-11-13-15-17-19-21-31-56-34(4)40-42-41-39(33(3)46(40)54-37-27-23-35(24-28-37)51(5,6)7)48(58)57(32-22-20-18-16-14-12-2)49(59)43(41)45(53)47(44(42)50(56)60)55-38-29-25-36(26-30-38)52(8,9)10/h23-30,55,60H,4,11-22,31-32H2,1-3,5-10H3. The molecule has 0 spiro atoms. The van der Waals surface area contributed by atoms with Gasteiger partial charge in [0.1, 0.15) is 0 Å². The Balaban J connectivity index is 1.72. The smallest absolute Gasteiger partial charge is 0.262 e. The van der Waals surface area contributed by atoms with Crippen molar-refractivity contribution >= 4 is 71.9 Å². The van der Waals surface area contributed by atoms with Crippen molar-refractivity contribution in [3.63, 3.8) is 0 Å². The van der Waals surface area contributed by atoms with Crippen LogP contribution in [0.2, 0.25) is 0 Å². The number of nitrogens with one attached hydrogen (secondary N) is 1. The molecule has 4 aromatic carbocycles. The highest BCUT2D eigenvalue weighted by Crippen LogP contribution is 2.46. The van der Waals surface area contributed by atoms with Crippen LogP contribution in [0.15, 0.2) is 67.6 Å². The van der Waals surface area contributed by atoms with Crippen LogP contribution in [-0.2, 0) is 23.9 Å². The molecule has 6 rings (SSSR count). The van der Waals surface area contributed by atoms with Crippen LogP contribution in [0.5, 0.6) is 5.88 Å². The van der Waals surface area contributed by atoms with Crippen LogP contribution >= 0.6 is 15.9 Å². The lowest BCUT2D eigenvalue weighted by Gasteiger charge is -2.24. The minimum absolute atomic E-state index is 0.0280. The molecular formula is C52H67BrN4O3. The van der Waals surface area contributed by atoms with Crippen LogP contribution < -0.4 is 27.1 Å². The monoisotopic (exact) mass is 874 g/mol. The van der Waals surface area contributed by atoms with E-state index in [0.29, 0.717) is 66.5 Å².